The van der Waals surface area contributed by atoms with Gasteiger partial charge in [0.25, 0.3) is 0 Å². The van der Waals surface area contributed by atoms with E-state index in [0.717, 1.165) is 5.56 Å². The number of hydrogen-bond acceptors (Lipinski definition) is 13. The van der Waals surface area contributed by atoms with Crippen LogP contribution in [-0.2, 0) is 35.0 Å². The normalized spacial score (nSPS) is 18.1. The molecule has 1 aliphatic rings. The van der Waals surface area contributed by atoms with Crippen molar-refractivity contribution in [3.8, 4) is 5.75 Å². The lowest BCUT2D eigenvalue weighted by Gasteiger charge is -2.38. The van der Waals surface area contributed by atoms with Gasteiger partial charge in [-0.1, -0.05) is 12.1 Å². The second kappa shape index (κ2) is 23.4. The van der Waals surface area contributed by atoms with E-state index >= 15 is 0 Å². The number of nitrogens with zero attached hydrogens (tertiary/aromatic N) is 4. The summed E-state index contributed by atoms with van der Waals surface area (Å²) in [6, 6.07) is 7.00. The fourth-order valence-corrected chi connectivity index (χ4v) is 5.21. The zero-order chi connectivity index (χ0) is 34.4. The molecule has 0 spiro atoms. The Bertz CT molecular complexity index is 1030. The minimum atomic E-state index is -1.65. The molecule has 1 aromatic carbocycles. The third-order valence-corrected chi connectivity index (χ3v) is 7.47. The van der Waals surface area contributed by atoms with Crippen molar-refractivity contribution >= 4 is 17.9 Å². The summed E-state index contributed by atoms with van der Waals surface area (Å²) in [5.41, 5.74) is 0.893. The first-order chi connectivity index (χ1) is 22.5. The lowest BCUT2D eigenvalue weighted by atomic mass is 10.0. The van der Waals surface area contributed by atoms with Gasteiger partial charge in [0, 0.05) is 65.0 Å². The van der Waals surface area contributed by atoms with E-state index < -0.39 is 30.2 Å². The van der Waals surface area contributed by atoms with Crippen LogP contribution in [0.1, 0.15) is 12.5 Å². The van der Waals surface area contributed by atoms with E-state index in [0.29, 0.717) is 58.4 Å². The number of β-amino-alcohol motifs (C(OH)–C–C–N with tert-alkyl or cyclic N) is 2. The maximum atomic E-state index is 11.9. The van der Waals surface area contributed by atoms with Crippen molar-refractivity contribution in [3.63, 3.8) is 0 Å². The Morgan fingerprint density at radius 3 is 1.70 bits per heavy atom. The largest absolute Gasteiger partial charge is 0.491 e. The van der Waals surface area contributed by atoms with Gasteiger partial charge in [-0.25, -0.2) is 0 Å². The van der Waals surface area contributed by atoms with Gasteiger partial charge in [-0.05, 0) is 31.0 Å². The maximum absolute atomic E-state index is 11.9. The zero-order valence-corrected chi connectivity index (χ0v) is 27.3. The van der Waals surface area contributed by atoms with Crippen molar-refractivity contribution in [1.29, 1.82) is 0 Å². The van der Waals surface area contributed by atoms with E-state index in [-0.39, 0.29) is 72.0 Å². The highest BCUT2D eigenvalue weighted by Crippen LogP contribution is 2.17. The summed E-state index contributed by atoms with van der Waals surface area (Å²) >= 11 is 0. The highest BCUT2D eigenvalue weighted by molar-refractivity contribution is 5.70. The average Bonchev–Trinajstić information content (AvgIpc) is 3.00. The lowest BCUT2D eigenvalue weighted by molar-refractivity contribution is -0.141. The van der Waals surface area contributed by atoms with Crippen LogP contribution in [0.15, 0.2) is 24.3 Å². The molecule has 1 fully saturated rings. The van der Waals surface area contributed by atoms with Crippen LogP contribution >= 0.6 is 0 Å². The van der Waals surface area contributed by atoms with Crippen LogP contribution in [0.2, 0.25) is 0 Å². The van der Waals surface area contributed by atoms with E-state index in [2.05, 4.69) is 0 Å². The van der Waals surface area contributed by atoms with Gasteiger partial charge in [-0.3, -0.25) is 34.0 Å². The molecule has 1 heterocycles. The van der Waals surface area contributed by atoms with Gasteiger partial charge >= 0.3 is 17.9 Å². The molecule has 5 N–H and O–H groups in total. The summed E-state index contributed by atoms with van der Waals surface area (Å²) < 4.78 is 21.9. The molecule has 0 saturated carbocycles. The minimum Gasteiger partial charge on any atom is -0.491 e. The smallest absolute Gasteiger partial charge is 0.317 e. The third kappa shape index (κ3) is 18.9. The second-order valence-electron chi connectivity index (χ2n) is 11.2. The molecule has 268 valence electrons. The average molecular weight is 673 g/mol. The number of hydrogen-bond donors (Lipinski definition) is 5. The molecule has 47 heavy (non-hydrogen) atoms. The number of carboxylic acids is 3. The van der Waals surface area contributed by atoms with E-state index in [9.17, 15) is 39.9 Å². The summed E-state index contributed by atoms with van der Waals surface area (Å²) in [5.74, 6) is -2.47. The third-order valence-electron chi connectivity index (χ3n) is 7.47. The Morgan fingerprint density at radius 1 is 0.702 bits per heavy atom. The monoisotopic (exact) mass is 672 g/mol. The predicted molar refractivity (Wildman–Crippen MR) is 170 cm³/mol. The Labute approximate surface area is 275 Å². The minimum absolute atomic E-state index is 0.113. The molecule has 0 unspecified atom stereocenters. The van der Waals surface area contributed by atoms with Gasteiger partial charge in [0.15, 0.2) is 6.29 Å². The Kier molecular flexibility index (Phi) is 20.0. The SMILES string of the molecule is CCOCCOCCOCCOc1ccc(C[C@H]2CN(CC(O)O)CCN(CC(=O)O)CCN(CC(=O)O)CCN2CC(=O)O)cc1. The van der Waals surface area contributed by atoms with Crippen molar-refractivity contribution < 1.29 is 58.9 Å². The molecule has 1 aliphatic heterocycles. The molecule has 0 bridgehead atoms. The molecule has 0 aliphatic carbocycles. The van der Waals surface area contributed by atoms with Crippen molar-refractivity contribution in [1.82, 2.24) is 19.6 Å². The van der Waals surface area contributed by atoms with E-state index in [1.165, 1.54) is 0 Å². The fourth-order valence-electron chi connectivity index (χ4n) is 5.21. The first kappa shape index (κ1) is 40.2. The molecular formula is C31H52N4O12. The molecule has 2 rings (SSSR count). The predicted octanol–water partition coefficient (Wildman–Crippen LogP) is -1.17. The topological polar surface area (TPSA) is 202 Å². The van der Waals surface area contributed by atoms with E-state index in [1.807, 2.05) is 31.2 Å². The summed E-state index contributed by atoms with van der Waals surface area (Å²) in [6.45, 7) is 6.20. The number of aliphatic carboxylic acids is 3. The van der Waals surface area contributed by atoms with Crippen LogP contribution in [-0.4, -0.2) is 194 Å². The van der Waals surface area contributed by atoms with Crippen LogP contribution in [0.3, 0.4) is 0 Å². The Morgan fingerprint density at radius 2 is 1.19 bits per heavy atom. The molecule has 0 aromatic heterocycles. The van der Waals surface area contributed by atoms with Crippen LogP contribution < -0.4 is 4.74 Å². The van der Waals surface area contributed by atoms with Gasteiger partial charge in [-0.15, -0.1) is 0 Å². The molecule has 16 nitrogen and oxygen atoms in total. The van der Waals surface area contributed by atoms with E-state index in [4.69, 9.17) is 18.9 Å². The molecule has 1 saturated heterocycles. The first-order valence-electron chi connectivity index (χ1n) is 15.9. The number of rotatable bonds is 21. The highest BCUT2D eigenvalue weighted by atomic mass is 16.6. The second-order valence-corrected chi connectivity index (χ2v) is 11.2. The van der Waals surface area contributed by atoms with Crippen LogP contribution in [0, 0.1) is 0 Å². The molecule has 1 atom stereocenters. The molecule has 0 amide bonds. The molecular weight excluding hydrogens is 620 g/mol. The highest BCUT2D eigenvalue weighted by Gasteiger charge is 2.27. The Balaban J connectivity index is 2.12. The summed E-state index contributed by atoms with van der Waals surface area (Å²) in [5, 5.41) is 48.3. The van der Waals surface area contributed by atoms with Gasteiger partial charge < -0.3 is 44.5 Å². The molecule has 0 radical (unpaired) electrons. The van der Waals surface area contributed by atoms with Gasteiger partial charge in [-0.2, -0.15) is 0 Å². The Hall–Kier alpha value is -2.93. The van der Waals surface area contributed by atoms with E-state index in [1.54, 1.807) is 19.6 Å². The van der Waals surface area contributed by atoms with Crippen molar-refractivity contribution in [2.24, 2.45) is 0 Å². The van der Waals surface area contributed by atoms with Crippen LogP contribution in [0.5, 0.6) is 5.75 Å². The van der Waals surface area contributed by atoms with Crippen molar-refractivity contribution in [3.05, 3.63) is 29.8 Å². The van der Waals surface area contributed by atoms with Crippen LogP contribution in [0.4, 0.5) is 0 Å². The van der Waals surface area contributed by atoms with Gasteiger partial charge in [0.05, 0.1) is 52.7 Å². The first-order valence-corrected chi connectivity index (χ1v) is 15.9. The summed E-state index contributed by atoms with van der Waals surface area (Å²) in [7, 11) is 0. The summed E-state index contributed by atoms with van der Waals surface area (Å²) in [4.78, 5) is 41.9. The van der Waals surface area contributed by atoms with Gasteiger partial charge in [0.2, 0.25) is 0 Å². The number of aliphatic hydroxyl groups excluding tert-OH is 1. The summed E-state index contributed by atoms with van der Waals surface area (Å²) in [6.07, 6.45) is -1.24. The number of carboxylic acid groups (broad SMARTS) is 3. The van der Waals surface area contributed by atoms with Crippen molar-refractivity contribution in [2.75, 3.05) is 118 Å². The van der Waals surface area contributed by atoms with Crippen LogP contribution in [0.25, 0.3) is 0 Å². The lowest BCUT2D eigenvalue weighted by Crippen LogP contribution is -2.53. The number of ether oxygens (including phenoxy) is 4. The zero-order valence-electron chi connectivity index (χ0n) is 27.3. The number of aliphatic hydroxyl groups is 2. The number of carbonyl (C=O) groups is 3. The molecule has 1 aromatic rings. The quantitative estimate of drug-likeness (QED) is 0.0772. The van der Waals surface area contributed by atoms with Gasteiger partial charge in [0.1, 0.15) is 12.4 Å². The molecule has 16 heteroatoms. The standard InChI is InChI=1S/C31H52N4O12/c1-2-44-13-14-45-15-16-46-17-18-47-27-5-3-25(4-6-27)19-26-20-34(23-30(40)41)10-9-32(21-28(36)37)7-8-33(22-29(38)39)11-12-35(26)24-31(42)43/h3-6,26,30,40-41H,2,7-24H2,1H3,(H,36,37)(H,38,39)(H,42,43)/t26-/m0/s1. The number of benzene rings is 1. The van der Waals surface area contributed by atoms with Crippen molar-refractivity contribution in [2.45, 2.75) is 25.7 Å². The fraction of sp³-hybridized carbons (Fsp3) is 0.710. The maximum Gasteiger partial charge on any atom is 0.317 e.